The third kappa shape index (κ3) is 64.0. The Labute approximate surface area is 527 Å². The Bertz CT molecular complexity index is 991. The predicted octanol–water partition coefficient (Wildman–Crippen LogP) is 21.2. The SMILES string of the molecule is CCCCCCCCCCCCCCCCN(CCCCCCCCCCCCCCCC)C(CC)C(=O)[O-].CCCCCCCCCCCCCCCCN(CCCCCCCCCCCCCCCC)C(CC)C(=O)[O-].[Ca+2]. The third-order valence-corrected chi connectivity index (χ3v) is 17.4. The molecule has 0 N–H and O–H groups in total. The van der Waals surface area contributed by atoms with Crippen LogP contribution >= 0.6 is 0 Å². The van der Waals surface area contributed by atoms with Crippen LogP contribution in [-0.4, -0.2) is 97.7 Å². The first-order valence-electron chi connectivity index (χ1n) is 36.2. The number of carboxylic acid groups (broad SMARTS) is 2. The van der Waals surface area contributed by atoms with Gasteiger partial charge in [-0.25, -0.2) is 0 Å². The molecule has 0 fully saturated rings. The standard InChI is InChI=1S/2C36H73NO2.Ca/c2*1-4-7-9-11-13-15-17-19-21-23-25-27-29-31-33-37(35(6-3)36(38)39)34-32-30-28-26-24-22-20-18-16-14-12-10-8-5-2;/h2*35H,4-34H2,1-3H3,(H,38,39);/q;;+2/p-2. The summed E-state index contributed by atoms with van der Waals surface area (Å²) in [5, 5.41) is 23.4. The molecule has 0 aromatic carbocycles. The molecule has 0 bridgehead atoms. The summed E-state index contributed by atoms with van der Waals surface area (Å²) in [6, 6.07) is -0.817. The van der Waals surface area contributed by atoms with Gasteiger partial charge >= 0.3 is 37.7 Å². The second-order valence-electron chi connectivity index (χ2n) is 24.9. The van der Waals surface area contributed by atoms with Gasteiger partial charge in [0, 0.05) is 12.1 Å². The van der Waals surface area contributed by atoms with Crippen LogP contribution in [0.1, 0.15) is 414 Å². The minimum atomic E-state index is -0.881. The van der Waals surface area contributed by atoms with Gasteiger partial charge in [0.1, 0.15) is 0 Å². The number of rotatable bonds is 66. The zero-order valence-corrected chi connectivity index (χ0v) is 57.4. The Balaban J connectivity index is -0.00000144. The van der Waals surface area contributed by atoms with Crippen LogP contribution in [0, 0.1) is 0 Å². The molecular weight excluding hydrogens is 997 g/mol. The van der Waals surface area contributed by atoms with E-state index in [9.17, 15) is 19.8 Å². The first-order valence-corrected chi connectivity index (χ1v) is 36.2. The van der Waals surface area contributed by atoms with E-state index in [1.807, 2.05) is 13.8 Å². The Morgan fingerprint density at radius 1 is 0.228 bits per heavy atom. The van der Waals surface area contributed by atoms with Crippen LogP contribution in [0.3, 0.4) is 0 Å². The summed E-state index contributed by atoms with van der Waals surface area (Å²) in [5.74, 6) is -1.76. The Morgan fingerprint density at radius 2 is 0.342 bits per heavy atom. The number of carbonyl (C=O) groups excluding carboxylic acids is 2. The van der Waals surface area contributed by atoms with Crippen LogP contribution in [0.2, 0.25) is 0 Å². The van der Waals surface area contributed by atoms with Gasteiger partial charge in [0.05, 0.1) is 11.9 Å². The molecule has 468 valence electrons. The maximum Gasteiger partial charge on any atom is 2.00 e. The average molecular weight is 1140 g/mol. The fraction of sp³-hybridized carbons (Fsp3) is 0.972. The van der Waals surface area contributed by atoms with Crippen molar-refractivity contribution in [2.75, 3.05) is 26.2 Å². The number of hydrogen-bond acceptors (Lipinski definition) is 6. The van der Waals surface area contributed by atoms with E-state index >= 15 is 0 Å². The minimum Gasteiger partial charge on any atom is -0.548 e. The van der Waals surface area contributed by atoms with E-state index in [1.165, 1.54) is 334 Å². The summed E-state index contributed by atoms with van der Waals surface area (Å²) in [6.45, 7) is 16.8. The molecular formula is C72H144CaN2O4. The van der Waals surface area contributed by atoms with Crippen molar-refractivity contribution in [3.8, 4) is 0 Å². The van der Waals surface area contributed by atoms with Crippen LogP contribution in [-0.2, 0) is 9.59 Å². The summed E-state index contributed by atoms with van der Waals surface area (Å²) >= 11 is 0. The molecule has 0 aromatic heterocycles. The Hall–Kier alpha value is 0.120. The molecule has 0 radical (unpaired) electrons. The number of hydrogen-bond donors (Lipinski definition) is 0. The van der Waals surface area contributed by atoms with Crippen LogP contribution < -0.4 is 10.2 Å². The summed E-state index contributed by atoms with van der Waals surface area (Å²) < 4.78 is 0. The topological polar surface area (TPSA) is 86.7 Å². The average Bonchev–Trinajstić information content (AvgIpc) is 3.43. The fourth-order valence-electron chi connectivity index (χ4n) is 12.0. The van der Waals surface area contributed by atoms with Gasteiger partial charge in [0.2, 0.25) is 0 Å². The number of carboxylic acids is 2. The van der Waals surface area contributed by atoms with Gasteiger partial charge in [-0.2, -0.15) is 0 Å². The van der Waals surface area contributed by atoms with Gasteiger partial charge in [0.15, 0.2) is 0 Å². The van der Waals surface area contributed by atoms with Crippen LogP contribution in [0.4, 0.5) is 0 Å². The normalized spacial score (nSPS) is 12.3. The van der Waals surface area contributed by atoms with E-state index in [1.54, 1.807) is 0 Å². The number of carbonyl (C=O) groups is 2. The van der Waals surface area contributed by atoms with Crippen molar-refractivity contribution in [3.63, 3.8) is 0 Å². The van der Waals surface area contributed by atoms with E-state index < -0.39 is 24.0 Å². The van der Waals surface area contributed by atoms with Crippen molar-refractivity contribution in [2.45, 2.75) is 426 Å². The van der Waals surface area contributed by atoms with Gasteiger partial charge in [-0.1, -0.05) is 375 Å². The molecule has 0 aliphatic heterocycles. The summed E-state index contributed by atoms with van der Waals surface area (Å²) in [5.41, 5.74) is 0. The predicted molar refractivity (Wildman–Crippen MR) is 348 cm³/mol. The fourth-order valence-corrected chi connectivity index (χ4v) is 12.0. The van der Waals surface area contributed by atoms with E-state index in [2.05, 4.69) is 37.5 Å². The molecule has 0 saturated carbocycles. The molecule has 0 aliphatic carbocycles. The number of aliphatic carboxylic acids is 2. The van der Waals surface area contributed by atoms with E-state index in [0.29, 0.717) is 12.8 Å². The molecule has 6 nitrogen and oxygen atoms in total. The van der Waals surface area contributed by atoms with Crippen molar-refractivity contribution in [3.05, 3.63) is 0 Å². The quantitative estimate of drug-likeness (QED) is 0.0445. The van der Waals surface area contributed by atoms with Crippen molar-refractivity contribution < 1.29 is 19.8 Å². The molecule has 0 saturated heterocycles. The number of unbranched alkanes of at least 4 members (excludes halogenated alkanes) is 52. The zero-order valence-electron chi connectivity index (χ0n) is 55.2. The second-order valence-corrected chi connectivity index (χ2v) is 24.9. The van der Waals surface area contributed by atoms with Crippen molar-refractivity contribution in [1.29, 1.82) is 0 Å². The molecule has 0 rings (SSSR count). The smallest absolute Gasteiger partial charge is 0.548 e. The van der Waals surface area contributed by atoms with Gasteiger partial charge in [-0.15, -0.1) is 0 Å². The maximum absolute atomic E-state index is 11.7. The van der Waals surface area contributed by atoms with Crippen molar-refractivity contribution >= 4 is 49.7 Å². The van der Waals surface area contributed by atoms with Crippen LogP contribution in [0.25, 0.3) is 0 Å². The van der Waals surface area contributed by atoms with E-state index in [-0.39, 0.29) is 37.7 Å². The van der Waals surface area contributed by atoms with Gasteiger partial charge in [0.25, 0.3) is 0 Å². The van der Waals surface area contributed by atoms with Crippen molar-refractivity contribution in [2.24, 2.45) is 0 Å². The molecule has 7 heteroatoms. The first-order chi connectivity index (χ1) is 38.3. The molecule has 2 atom stereocenters. The van der Waals surface area contributed by atoms with Crippen molar-refractivity contribution in [1.82, 2.24) is 9.80 Å². The van der Waals surface area contributed by atoms with Crippen LogP contribution in [0.5, 0.6) is 0 Å². The monoisotopic (exact) mass is 1140 g/mol. The summed E-state index contributed by atoms with van der Waals surface area (Å²) in [4.78, 5) is 27.9. The number of nitrogens with zero attached hydrogens (tertiary/aromatic N) is 2. The largest absolute Gasteiger partial charge is 2.00 e. The maximum atomic E-state index is 11.7. The zero-order chi connectivity index (χ0) is 57.3. The third-order valence-electron chi connectivity index (χ3n) is 17.4. The minimum absolute atomic E-state index is 0. The van der Waals surface area contributed by atoms with E-state index in [4.69, 9.17) is 0 Å². The summed E-state index contributed by atoms with van der Waals surface area (Å²) in [6.07, 6.45) is 77.5. The first kappa shape index (κ1) is 83.3. The van der Waals surface area contributed by atoms with Gasteiger partial charge in [-0.05, 0) is 64.7 Å². The molecule has 0 spiro atoms. The summed E-state index contributed by atoms with van der Waals surface area (Å²) in [7, 11) is 0. The molecule has 0 heterocycles. The Morgan fingerprint density at radius 3 is 0.443 bits per heavy atom. The van der Waals surface area contributed by atoms with Gasteiger partial charge in [-0.3, -0.25) is 9.80 Å². The second kappa shape index (κ2) is 72.4. The molecule has 79 heavy (non-hydrogen) atoms. The van der Waals surface area contributed by atoms with Crippen LogP contribution in [0.15, 0.2) is 0 Å². The van der Waals surface area contributed by atoms with E-state index in [0.717, 1.165) is 51.9 Å². The molecule has 0 aliphatic rings. The molecule has 0 amide bonds. The van der Waals surface area contributed by atoms with Gasteiger partial charge < -0.3 is 19.8 Å². The Kier molecular flexibility index (Phi) is 76.3. The molecule has 2 unspecified atom stereocenters. The molecule has 0 aromatic rings.